The van der Waals surface area contributed by atoms with Gasteiger partial charge in [0.2, 0.25) is 5.91 Å². The lowest BCUT2D eigenvalue weighted by atomic mass is 9.83. The second kappa shape index (κ2) is 7.55. The predicted molar refractivity (Wildman–Crippen MR) is 112 cm³/mol. The van der Waals surface area contributed by atoms with E-state index in [2.05, 4.69) is 29.6 Å². The maximum Gasteiger partial charge on any atom is 0.225 e. The molecule has 0 saturated carbocycles. The third-order valence-electron chi connectivity index (χ3n) is 5.02. The van der Waals surface area contributed by atoms with E-state index < -0.39 is 0 Å². The lowest BCUT2D eigenvalue weighted by Crippen LogP contribution is -2.23. The first-order chi connectivity index (χ1) is 13.6. The summed E-state index contributed by atoms with van der Waals surface area (Å²) in [4.78, 5) is 12.5. The van der Waals surface area contributed by atoms with Crippen molar-refractivity contribution in [1.82, 2.24) is 0 Å². The number of anilines is 1. The summed E-state index contributed by atoms with van der Waals surface area (Å²) in [5, 5.41) is 5.28. The summed E-state index contributed by atoms with van der Waals surface area (Å²) in [6, 6.07) is 18.4. The lowest BCUT2D eigenvalue weighted by molar-refractivity contribution is -0.116. The molecule has 0 radical (unpaired) electrons. The highest BCUT2D eigenvalue weighted by Crippen LogP contribution is 2.43. The molecule has 3 aromatic rings. The number of rotatable bonds is 5. The van der Waals surface area contributed by atoms with E-state index in [9.17, 15) is 4.79 Å². The number of benzene rings is 3. The van der Waals surface area contributed by atoms with E-state index in [1.807, 2.05) is 51.1 Å². The van der Waals surface area contributed by atoms with Crippen molar-refractivity contribution in [3.05, 3.63) is 65.7 Å². The molecule has 4 heteroatoms. The van der Waals surface area contributed by atoms with Crippen LogP contribution in [0.25, 0.3) is 10.8 Å². The van der Waals surface area contributed by atoms with Crippen LogP contribution in [0, 0.1) is 0 Å². The third kappa shape index (κ3) is 3.42. The first-order valence-electron chi connectivity index (χ1n) is 9.81. The highest BCUT2D eigenvalue weighted by atomic mass is 16.5. The molecule has 0 unspecified atom stereocenters. The third-order valence-corrected chi connectivity index (χ3v) is 5.02. The predicted octanol–water partition coefficient (Wildman–Crippen LogP) is 5.50. The second-order valence-corrected chi connectivity index (χ2v) is 7.36. The molecule has 0 aliphatic carbocycles. The monoisotopic (exact) mass is 375 g/mol. The molecule has 144 valence electrons. The van der Waals surface area contributed by atoms with Crippen LogP contribution in [-0.2, 0) is 4.79 Å². The van der Waals surface area contributed by atoms with E-state index in [1.54, 1.807) is 0 Å². The summed E-state index contributed by atoms with van der Waals surface area (Å²) >= 11 is 0. The van der Waals surface area contributed by atoms with Crippen molar-refractivity contribution in [1.29, 1.82) is 0 Å². The largest absolute Gasteiger partial charge is 0.490 e. The van der Waals surface area contributed by atoms with Gasteiger partial charge in [0.1, 0.15) is 0 Å². The van der Waals surface area contributed by atoms with Crippen molar-refractivity contribution in [2.75, 3.05) is 11.9 Å². The Balaban J connectivity index is 1.81. The van der Waals surface area contributed by atoms with E-state index in [4.69, 9.17) is 9.47 Å². The van der Waals surface area contributed by atoms with Gasteiger partial charge in [0, 0.05) is 17.7 Å². The second-order valence-electron chi connectivity index (χ2n) is 7.36. The summed E-state index contributed by atoms with van der Waals surface area (Å²) in [7, 11) is 0. The zero-order valence-electron chi connectivity index (χ0n) is 16.5. The molecule has 0 saturated heterocycles. The van der Waals surface area contributed by atoms with E-state index in [1.165, 1.54) is 0 Å². The summed E-state index contributed by atoms with van der Waals surface area (Å²) in [6.07, 6.45) is 0.485. The van der Waals surface area contributed by atoms with Crippen LogP contribution in [0.4, 0.5) is 5.69 Å². The van der Waals surface area contributed by atoms with Crippen molar-refractivity contribution in [3.8, 4) is 11.5 Å². The van der Waals surface area contributed by atoms with Crippen LogP contribution in [0.3, 0.4) is 0 Å². The maximum absolute atomic E-state index is 12.5. The van der Waals surface area contributed by atoms with Gasteiger partial charge in [0.05, 0.1) is 18.4 Å². The molecule has 1 aliphatic heterocycles. The Labute approximate surface area is 165 Å². The Bertz CT molecular complexity index is 1030. The molecule has 1 aliphatic rings. The fourth-order valence-corrected chi connectivity index (χ4v) is 3.86. The van der Waals surface area contributed by atoms with E-state index >= 15 is 0 Å². The number of hydrogen-bond acceptors (Lipinski definition) is 3. The normalized spacial score (nSPS) is 16.0. The van der Waals surface area contributed by atoms with Gasteiger partial charge < -0.3 is 14.8 Å². The Morgan fingerprint density at radius 3 is 2.68 bits per heavy atom. The zero-order valence-corrected chi connectivity index (χ0v) is 16.5. The Hall–Kier alpha value is -3.01. The Morgan fingerprint density at radius 2 is 1.89 bits per heavy atom. The van der Waals surface area contributed by atoms with Gasteiger partial charge in [-0.2, -0.15) is 0 Å². The van der Waals surface area contributed by atoms with Crippen molar-refractivity contribution in [2.24, 2.45) is 0 Å². The fraction of sp³-hybridized carbons (Fsp3) is 0.292. The molecule has 4 rings (SSSR count). The maximum atomic E-state index is 12.5. The van der Waals surface area contributed by atoms with Crippen LogP contribution in [0.1, 0.15) is 44.2 Å². The van der Waals surface area contributed by atoms with Crippen LogP contribution in [0.5, 0.6) is 11.5 Å². The fourth-order valence-electron chi connectivity index (χ4n) is 3.86. The van der Waals surface area contributed by atoms with Gasteiger partial charge in [-0.25, -0.2) is 0 Å². The molecule has 1 N–H and O–H groups in total. The van der Waals surface area contributed by atoms with Gasteiger partial charge >= 0.3 is 0 Å². The Morgan fingerprint density at radius 1 is 1.07 bits per heavy atom. The highest BCUT2D eigenvalue weighted by molar-refractivity contribution is 6.06. The number of ether oxygens (including phenoxy) is 2. The molecule has 1 atom stereocenters. The highest BCUT2D eigenvalue weighted by Gasteiger charge is 2.28. The average Bonchev–Trinajstić information content (AvgIpc) is 2.68. The van der Waals surface area contributed by atoms with E-state index in [0.717, 1.165) is 39.1 Å². The van der Waals surface area contributed by atoms with Crippen LogP contribution >= 0.6 is 0 Å². The number of carbonyl (C=O) groups is 1. The molecule has 0 aromatic heterocycles. The quantitative estimate of drug-likeness (QED) is 0.640. The van der Waals surface area contributed by atoms with Crippen molar-refractivity contribution in [3.63, 3.8) is 0 Å². The SMILES string of the molecule is CCOc1cc([C@@H]2CC(=O)Nc3c2ccc2ccccc32)ccc1OC(C)C. The number of carbonyl (C=O) groups excluding carboxylic acids is 1. The minimum Gasteiger partial charge on any atom is -0.490 e. The molecule has 0 fully saturated rings. The van der Waals surface area contributed by atoms with Gasteiger partial charge in [0.25, 0.3) is 0 Å². The van der Waals surface area contributed by atoms with Gasteiger partial charge in [-0.1, -0.05) is 42.5 Å². The molecule has 28 heavy (non-hydrogen) atoms. The number of hydrogen-bond donors (Lipinski definition) is 1. The molecule has 1 amide bonds. The molecular formula is C24H25NO3. The Kier molecular flexibility index (Phi) is 4.95. The topological polar surface area (TPSA) is 47.6 Å². The van der Waals surface area contributed by atoms with Gasteiger partial charge in [0.15, 0.2) is 11.5 Å². The average molecular weight is 375 g/mol. The molecule has 4 nitrogen and oxygen atoms in total. The van der Waals surface area contributed by atoms with Crippen molar-refractivity contribution >= 4 is 22.4 Å². The zero-order chi connectivity index (χ0) is 19.7. The van der Waals surface area contributed by atoms with Crippen LogP contribution in [0.15, 0.2) is 54.6 Å². The van der Waals surface area contributed by atoms with E-state index in [-0.39, 0.29) is 17.9 Å². The summed E-state index contributed by atoms with van der Waals surface area (Å²) in [6.45, 7) is 6.51. The summed E-state index contributed by atoms with van der Waals surface area (Å²) < 4.78 is 11.7. The summed E-state index contributed by atoms with van der Waals surface area (Å²) in [5.41, 5.74) is 3.11. The van der Waals surface area contributed by atoms with Gasteiger partial charge in [-0.15, -0.1) is 0 Å². The molecule has 1 heterocycles. The first kappa shape index (κ1) is 18.4. The smallest absolute Gasteiger partial charge is 0.225 e. The van der Waals surface area contributed by atoms with Gasteiger partial charge in [-0.3, -0.25) is 4.79 Å². The summed E-state index contributed by atoms with van der Waals surface area (Å²) in [5.74, 6) is 1.48. The minimum absolute atomic E-state index is 0.0133. The van der Waals surface area contributed by atoms with Crippen LogP contribution in [-0.4, -0.2) is 18.6 Å². The standard InChI is InChI=1S/C24H25NO3/c1-4-27-22-13-17(10-12-21(22)28-15(2)3)20-14-23(26)25-24-18-8-6-5-7-16(18)9-11-19(20)24/h5-13,15,20H,4,14H2,1-3H3,(H,25,26)/t20-/m0/s1. The first-order valence-corrected chi connectivity index (χ1v) is 9.81. The van der Waals surface area contributed by atoms with Gasteiger partial charge in [-0.05, 0) is 49.4 Å². The van der Waals surface area contributed by atoms with E-state index in [0.29, 0.717) is 13.0 Å². The lowest BCUT2D eigenvalue weighted by Gasteiger charge is -2.28. The van der Waals surface area contributed by atoms with Crippen LogP contribution < -0.4 is 14.8 Å². The molecular weight excluding hydrogens is 350 g/mol. The molecule has 3 aromatic carbocycles. The number of nitrogens with one attached hydrogen (secondary N) is 1. The van der Waals surface area contributed by atoms with Crippen molar-refractivity contribution in [2.45, 2.75) is 39.2 Å². The number of fused-ring (bicyclic) bond motifs is 3. The molecule has 0 spiro atoms. The number of amides is 1. The van der Waals surface area contributed by atoms with Crippen molar-refractivity contribution < 1.29 is 14.3 Å². The molecule has 0 bridgehead atoms. The minimum atomic E-state index is -0.0133. The van der Waals surface area contributed by atoms with Crippen LogP contribution in [0.2, 0.25) is 0 Å².